The number of H-pyrrole nitrogens is 1. The van der Waals surface area contributed by atoms with Crippen LogP contribution in [0.5, 0.6) is 11.5 Å². The van der Waals surface area contributed by atoms with Crippen molar-refractivity contribution in [2.75, 3.05) is 13.7 Å². The van der Waals surface area contributed by atoms with Crippen LogP contribution in [0.15, 0.2) is 47.3 Å². The number of ether oxygens (including phenoxy) is 2. The Hall–Kier alpha value is -3.46. The third kappa shape index (κ3) is 6.07. The molecule has 174 valence electrons. The molecule has 0 aliphatic carbocycles. The lowest BCUT2D eigenvalue weighted by Gasteiger charge is -2.20. The number of carbonyl (C=O) groups excluding carboxylic acids is 1. The summed E-state index contributed by atoms with van der Waals surface area (Å²) >= 11 is 6.00. The van der Waals surface area contributed by atoms with Crippen LogP contribution in [0.4, 0.5) is 8.78 Å². The monoisotopic (exact) mass is 477 g/mol. The van der Waals surface area contributed by atoms with Gasteiger partial charge in [0.2, 0.25) is 5.91 Å². The van der Waals surface area contributed by atoms with Gasteiger partial charge in [0.15, 0.2) is 11.5 Å². The molecule has 3 rings (SSSR count). The molecule has 1 heterocycles. The maximum atomic E-state index is 12.9. The first-order valence-electron chi connectivity index (χ1n) is 10.1. The van der Waals surface area contributed by atoms with Crippen LogP contribution in [0.3, 0.4) is 0 Å². The van der Waals surface area contributed by atoms with Crippen LogP contribution in [-0.4, -0.2) is 41.0 Å². The molecule has 0 saturated heterocycles. The summed E-state index contributed by atoms with van der Waals surface area (Å²) in [5.74, 6) is -0.144. The molecule has 2 aromatic carbocycles. The van der Waals surface area contributed by atoms with Crippen LogP contribution < -0.4 is 15.0 Å². The van der Waals surface area contributed by atoms with Crippen molar-refractivity contribution in [1.82, 2.24) is 14.9 Å². The first-order chi connectivity index (χ1) is 15.8. The molecule has 0 fully saturated rings. The number of benzene rings is 2. The second-order valence-electron chi connectivity index (χ2n) is 7.02. The van der Waals surface area contributed by atoms with Crippen LogP contribution in [0, 0.1) is 0 Å². The van der Waals surface area contributed by atoms with Gasteiger partial charge in [0.05, 0.1) is 24.6 Å². The Morgan fingerprint density at radius 1 is 1.30 bits per heavy atom. The number of nitrogens with one attached hydrogen (secondary N) is 1. The van der Waals surface area contributed by atoms with E-state index >= 15 is 0 Å². The number of aromatic amines is 1. The Labute approximate surface area is 193 Å². The highest BCUT2D eigenvalue weighted by atomic mass is 35.5. The van der Waals surface area contributed by atoms with Crippen molar-refractivity contribution >= 4 is 34.5 Å². The normalized spacial score (nSPS) is 11.3. The van der Waals surface area contributed by atoms with Gasteiger partial charge in [-0.15, -0.1) is 0 Å². The minimum absolute atomic E-state index is 0.0488. The number of amides is 1. The van der Waals surface area contributed by atoms with Gasteiger partial charge in [0.25, 0.3) is 5.56 Å². The van der Waals surface area contributed by atoms with E-state index in [0.717, 1.165) is 0 Å². The van der Waals surface area contributed by atoms with Gasteiger partial charge in [-0.25, -0.2) is 4.98 Å². The summed E-state index contributed by atoms with van der Waals surface area (Å²) in [6, 6.07) is 9.37. The Morgan fingerprint density at radius 3 is 2.79 bits per heavy atom. The third-order valence-corrected chi connectivity index (χ3v) is 4.94. The number of halogens is 3. The van der Waals surface area contributed by atoms with Gasteiger partial charge in [0.1, 0.15) is 5.82 Å². The molecule has 7 nitrogen and oxygen atoms in total. The van der Waals surface area contributed by atoms with E-state index in [9.17, 15) is 18.4 Å². The molecule has 33 heavy (non-hydrogen) atoms. The summed E-state index contributed by atoms with van der Waals surface area (Å²) < 4.78 is 35.3. The van der Waals surface area contributed by atoms with E-state index in [1.165, 1.54) is 36.3 Å². The second-order valence-corrected chi connectivity index (χ2v) is 7.46. The summed E-state index contributed by atoms with van der Waals surface area (Å²) in [7, 11) is 1.33. The van der Waals surface area contributed by atoms with E-state index in [1.54, 1.807) is 24.3 Å². The first-order valence-corrected chi connectivity index (χ1v) is 10.5. The summed E-state index contributed by atoms with van der Waals surface area (Å²) in [5.41, 5.74) is 0.341. The minimum atomic E-state index is -3.05. The SMILES string of the molecule is CCCN(Cc1nc2cc(Cl)ccc2c(=O)[nH]1)C(=O)/C=C/c1cccc(OC)c1OC(F)F. The zero-order chi connectivity index (χ0) is 24.0. The van der Waals surface area contributed by atoms with E-state index in [1.807, 2.05) is 6.92 Å². The van der Waals surface area contributed by atoms with Gasteiger partial charge in [-0.05, 0) is 36.8 Å². The standard InChI is InChI=1S/C23H22ClF2N3O4/c1-3-11-29(13-19-27-17-12-15(24)8-9-16(17)22(31)28-19)20(30)10-7-14-5-4-6-18(32-2)21(14)33-23(25)26/h4-10,12,23H,3,11,13H2,1-2H3,(H,27,28,31)/b10-7+. The van der Waals surface area contributed by atoms with Gasteiger partial charge in [-0.2, -0.15) is 8.78 Å². The van der Waals surface area contributed by atoms with E-state index in [4.69, 9.17) is 16.3 Å². The Balaban J connectivity index is 1.86. The quantitative estimate of drug-likeness (QED) is 0.454. The van der Waals surface area contributed by atoms with Crippen molar-refractivity contribution in [3.8, 4) is 11.5 Å². The highest BCUT2D eigenvalue weighted by Crippen LogP contribution is 2.33. The predicted octanol–water partition coefficient (Wildman–Crippen LogP) is 4.64. The van der Waals surface area contributed by atoms with Crippen molar-refractivity contribution in [3.63, 3.8) is 0 Å². The van der Waals surface area contributed by atoms with Gasteiger partial charge in [-0.3, -0.25) is 9.59 Å². The summed E-state index contributed by atoms with van der Waals surface area (Å²) in [6.45, 7) is -0.714. The molecule has 0 atom stereocenters. The van der Waals surface area contributed by atoms with Crippen LogP contribution in [0.1, 0.15) is 24.7 Å². The number of carbonyl (C=O) groups is 1. The number of fused-ring (bicyclic) bond motifs is 1. The molecular formula is C23H22ClF2N3O4. The van der Waals surface area contributed by atoms with Gasteiger partial charge >= 0.3 is 6.61 Å². The number of hydrogen-bond donors (Lipinski definition) is 1. The Kier molecular flexibility index (Phi) is 8.00. The second kappa shape index (κ2) is 10.9. The zero-order valence-electron chi connectivity index (χ0n) is 18.0. The third-order valence-electron chi connectivity index (χ3n) is 4.71. The highest BCUT2D eigenvalue weighted by Gasteiger charge is 2.16. The zero-order valence-corrected chi connectivity index (χ0v) is 18.7. The molecule has 3 aromatic rings. The molecule has 0 aliphatic heterocycles. The largest absolute Gasteiger partial charge is 0.493 e. The summed E-state index contributed by atoms with van der Waals surface area (Å²) in [6.07, 6.45) is 3.28. The smallest absolute Gasteiger partial charge is 0.387 e. The van der Waals surface area contributed by atoms with E-state index in [0.29, 0.717) is 34.7 Å². The minimum Gasteiger partial charge on any atom is -0.493 e. The lowest BCUT2D eigenvalue weighted by atomic mass is 10.1. The fourth-order valence-electron chi connectivity index (χ4n) is 3.26. The van der Waals surface area contributed by atoms with Crippen LogP contribution >= 0.6 is 11.6 Å². The lowest BCUT2D eigenvalue weighted by molar-refractivity contribution is -0.126. The molecule has 1 N–H and O–H groups in total. The molecule has 0 radical (unpaired) electrons. The van der Waals surface area contributed by atoms with Crippen LogP contribution in [0.25, 0.3) is 17.0 Å². The van der Waals surface area contributed by atoms with Gasteiger partial charge in [-0.1, -0.05) is 30.7 Å². The molecule has 0 aliphatic rings. The van der Waals surface area contributed by atoms with Crippen LogP contribution in [-0.2, 0) is 11.3 Å². The molecule has 0 spiro atoms. The number of methoxy groups -OCH3 is 1. The van der Waals surface area contributed by atoms with E-state index in [2.05, 4.69) is 14.7 Å². The molecule has 10 heteroatoms. The van der Waals surface area contributed by atoms with E-state index < -0.39 is 12.5 Å². The maximum Gasteiger partial charge on any atom is 0.387 e. The van der Waals surface area contributed by atoms with Crippen molar-refractivity contribution in [1.29, 1.82) is 0 Å². The number of hydrogen-bond acceptors (Lipinski definition) is 5. The number of nitrogens with zero attached hydrogens (tertiary/aromatic N) is 2. The predicted molar refractivity (Wildman–Crippen MR) is 122 cm³/mol. The van der Waals surface area contributed by atoms with Crippen LogP contribution in [0.2, 0.25) is 5.02 Å². The first kappa shape index (κ1) is 24.2. The lowest BCUT2D eigenvalue weighted by Crippen LogP contribution is -2.31. The number of alkyl halides is 2. The Bertz CT molecular complexity index is 1230. The van der Waals surface area contributed by atoms with Crippen molar-refractivity contribution in [2.24, 2.45) is 0 Å². The molecular weight excluding hydrogens is 456 g/mol. The molecule has 0 unspecified atom stereocenters. The summed E-state index contributed by atoms with van der Waals surface area (Å²) in [5, 5.41) is 0.831. The number of rotatable bonds is 9. The van der Waals surface area contributed by atoms with Crippen molar-refractivity contribution < 1.29 is 23.0 Å². The molecule has 1 aromatic heterocycles. The topological polar surface area (TPSA) is 84.5 Å². The number of para-hydroxylation sites is 1. The molecule has 0 bridgehead atoms. The number of aromatic nitrogens is 2. The maximum absolute atomic E-state index is 12.9. The molecule has 0 saturated carbocycles. The average molecular weight is 478 g/mol. The van der Waals surface area contributed by atoms with Gasteiger partial charge in [0, 0.05) is 23.2 Å². The molecule has 1 amide bonds. The van der Waals surface area contributed by atoms with Crippen molar-refractivity contribution in [3.05, 3.63) is 69.2 Å². The fraction of sp³-hybridized carbons (Fsp3) is 0.261. The Morgan fingerprint density at radius 2 is 2.09 bits per heavy atom. The van der Waals surface area contributed by atoms with Crippen molar-refractivity contribution in [2.45, 2.75) is 26.5 Å². The van der Waals surface area contributed by atoms with E-state index in [-0.39, 0.29) is 29.2 Å². The summed E-state index contributed by atoms with van der Waals surface area (Å²) in [4.78, 5) is 33.8. The fourth-order valence-corrected chi connectivity index (χ4v) is 3.43. The van der Waals surface area contributed by atoms with Gasteiger partial charge < -0.3 is 19.4 Å². The average Bonchev–Trinajstić information content (AvgIpc) is 2.77. The highest BCUT2D eigenvalue weighted by molar-refractivity contribution is 6.31.